The van der Waals surface area contributed by atoms with Crippen LogP contribution in [-0.2, 0) is 0 Å². The summed E-state index contributed by atoms with van der Waals surface area (Å²) in [5, 5.41) is 13.1. The molecule has 5 heteroatoms. The average Bonchev–Trinajstić information content (AvgIpc) is 2.46. The molecule has 0 amide bonds. The molecular weight excluding hydrogens is 264 g/mol. The van der Waals surface area contributed by atoms with E-state index in [9.17, 15) is 5.11 Å². The quantitative estimate of drug-likeness (QED) is 0.855. The smallest absolute Gasteiger partial charge is 0.128 e. The van der Waals surface area contributed by atoms with E-state index < -0.39 is 5.60 Å². The minimum absolute atomic E-state index is 0.329. The lowest BCUT2D eigenvalue weighted by atomic mass is 10.1. The van der Waals surface area contributed by atoms with Crippen molar-refractivity contribution in [1.29, 1.82) is 0 Å². The Morgan fingerprint density at radius 2 is 1.95 bits per heavy atom. The predicted octanol–water partition coefficient (Wildman–Crippen LogP) is 1.25. The van der Waals surface area contributed by atoms with Crippen molar-refractivity contribution in [2.24, 2.45) is 0 Å². The molecule has 21 heavy (non-hydrogen) atoms. The van der Waals surface area contributed by atoms with Crippen molar-refractivity contribution in [2.75, 3.05) is 44.7 Å². The molecule has 1 fully saturated rings. The Bertz CT molecular complexity index is 433. The molecule has 0 aliphatic carbocycles. The van der Waals surface area contributed by atoms with Crippen LogP contribution in [0.2, 0.25) is 0 Å². The number of β-amino-alcohol motifs (C(OH)–C–C–N with tert-alkyl or cyclic N) is 1. The molecular formula is C16H28N4O. The van der Waals surface area contributed by atoms with E-state index in [1.165, 1.54) is 5.56 Å². The Balaban J connectivity index is 1.90. The second kappa shape index (κ2) is 6.73. The van der Waals surface area contributed by atoms with Crippen LogP contribution in [0.25, 0.3) is 0 Å². The molecule has 2 rings (SSSR count). The molecule has 0 bridgehead atoms. The molecule has 0 spiro atoms. The number of hydrogen-bond donors (Lipinski definition) is 2. The fraction of sp³-hybridized carbons (Fsp3) is 0.688. The molecule has 1 atom stereocenters. The van der Waals surface area contributed by atoms with Gasteiger partial charge in [0.05, 0.1) is 5.60 Å². The summed E-state index contributed by atoms with van der Waals surface area (Å²) >= 11 is 0. The Kier molecular flexibility index (Phi) is 5.19. The van der Waals surface area contributed by atoms with E-state index in [2.05, 4.69) is 39.2 Å². The highest BCUT2D eigenvalue weighted by atomic mass is 16.3. The van der Waals surface area contributed by atoms with Gasteiger partial charge in [-0.25, -0.2) is 4.98 Å². The van der Waals surface area contributed by atoms with E-state index in [0.29, 0.717) is 6.04 Å². The summed E-state index contributed by atoms with van der Waals surface area (Å²) in [7, 11) is 1.96. The molecule has 2 N–H and O–H groups in total. The molecule has 1 aliphatic heterocycles. The molecule has 2 heterocycles. The molecule has 1 aliphatic rings. The molecule has 1 saturated heterocycles. The van der Waals surface area contributed by atoms with Crippen molar-refractivity contribution in [1.82, 2.24) is 15.2 Å². The van der Waals surface area contributed by atoms with Crippen molar-refractivity contribution in [3.63, 3.8) is 0 Å². The van der Waals surface area contributed by atoms with Gasteiger partial charge < -0.3 is 15.3 Å². The van der Waals surface area contributed by atoms with Crippen LogP contribution in [0.1, 0.15) is 32.4 Å². The number of aromatic nitrogens is 1. The number of pyridine rings is 1. The SMILES string of the molecule is CNC(C)c1ccc(N2CCN(CC(C)(C)O)CC2)nc1. The number of nitrogens with zero attached hydrogens (tertiary/aromatic N) is 3. The predicted molar refractivity (Wildman–Crippen MR) is 86.7 cm³/mol. The second-order valence-corrected chi connectivity index (χ2v) is 6.54. The lowest BCUT2D eigenvalue weighted by Crippen LogP contribution is -2.50. The van der Waals surface area contributed by atoms with Crippen molar-refractivity contribution in [3.05, 3.63) is 23.9 Å². The minimum Gasteiger partial charge on any atom is -0.389 e. The van der Waals surface area contributed by atoms with Gasteiger partial charge in [-0.1, -0.05) is 6.07 Å². The highest BCUT2D eigenvalue weighted by molar-refractivity contribution is 5.40. The largest absolute Gasteiger partial charge is 0.389 e. The first-order chi connectivity index (χ1) is 9.89. The van der Waals surface area contributed by atoms with Gasteiger partial charge in [-0.3, -0.25) is 4.90 Å². The molecule has 1 aromatic rings. The van der Waals surface area contributed by atoms with Crippen LogP contribution >= 0.6 is 0 Å². The van der Waals surface area contributed by atoms with E-state index >= 15 is 0 Å². The highest BCUT2D eigenvalue weighted by Crippen LogP contribution is 2.18. The highest BCUT2D eigenvalue weighted by Gasteiger charge is 2.23. The fourth-order valence-corrected chi connectivity index (χ4v) is 2.69. The molecule has 0 aromatic carbocycles. The molecule has 1 aromatic heterocycles. The van der Waals surface area contributed by atoms with Crippen LogP contribution in [0.15, 0.2) is 18.3 Å². The van der Waals surface area contributed by atoms with Gasteiger partial charge in [0.1, 0.15) is 5.82 Å². The number of nitrogens with one attached hydrogen (secondary N) is 1. The summed E-state index contributed by atoms with van der Waals surface area (Å²) in [6.45, 7) is 10.5. The first-order valence-electron chi connectivity index (χ1n) is 7.72. The maximum absolute atomic E-state index is 9.89. The number of rotatable bonds is 5. The van der Waals surface area contributed by atoms with E-state index in [4.69, 9.17) is 0 Å². The van der Waals surface area contributed by atoms with Gasteiger partial charge in [-0.2, -0.15) is 0 Å². The average molecular weight is 292 g/mol. The van der Waals surface area contributed by atoms with Gasteiger partial charge >= 0.3 is 0 Å². The summed E-state index contributed by atoms with van der Waals surface area (Å²) in [4.78, 5) is 9.22. The molecule has 118 valence electrons. The Hall–Kier alpha value is -1.17. The van der Waals surface area contributed by atoms with Crippen molar-refractivity contribution < 1.29 is 5.11 Å². The third-order valence-corrected chi connectivity index (χ3v) is 4.01. The Morgan fingerprint density at radius 3 is 2.43 bits per heavy atom. The lowest BCUT2D eigenvalue weighted by Gasteiger charge is -2.37. The Morgan fingerprint density at radius 1 is 1.29 bits per heavy atom. The van der Waals surface area contributed by atoms with Gasteiger partial charge in [0, 0.05) is 45.0 Å². The van der Waals surface area contributed by atoms with Gasteiger partial charge in [0.25, 0.3) is 0 Å². The van der Waals surface area contributed by atoms with Crippen LogP contribution in [0.4, 0.5) is 5.82 Å². The van der Waals surface area contributed by atoms with E-state index in [0.717, 1.165) is 38.5 Å². The molecule has 1 unspecified atom stereocenters. The van der Waals surface area contributed by atoms with Crippen LogP contribution < -0.4 is 10.2 Å². The van der Waals surface area contributed by atoms with Crippen LogP contribution in [0.3, 0.4) is 0 Å². The summed E-state index contributed by atoms with van der Waals surface area (Å²) < 4.78 is 0. The zero-order valence-corrected chi connectivity index (χ0v) is 13.6. The van der Waals surface area contributed by atoms with Crippen molar-refractivity contribution >= 4 is 5.82 Å². The monoisotopic (exact) mass is 292 g/mol. The summed E-state index contributed by atoms with van der Waals surface area (Å²) in [6.07, 6.45) is 1.96. The van der Waals surface area contributed by atoms with Crippen molar-refractivity contribution in [3.8, 4) is 0 Å². The summed E-state index contributed by atoms with van der Waals surface area (Å²) in [5.41, 5.74) is 0.590. The van der Waals surface area contributed by atoms with Crippen molar-refractivity contribution in [2.45, 2.75) is 32.4 Å². The third-order valence-electron chi connectivity index (χ3n) is 4.01. The molecule has 5 nitrogen and oxygen atoms in total. The molecule has 0 radical (unpaired) electrons. The standard InChI is InChI=1S/C16H28N4O/c1-13(17-4)14-5-6-15(18-11-14)20-9-7-19(8-10-20)12-16(2,3)21/h5-6,11,13,17,21H,7-10,12H2,1-4H3. The van der Waals surface area contributed by atoms with Crippen LogP contribution in [0.5, 0.6) is 0 Å². The van der Waals surface area contributed by atoms with E-state index in [-0.39, 0.29) is 0 Å². The maximum Gasteiger partial charge on any atom is 0.128 e. The zero-order chi connectivity index (χ0) is 15.5. The topological polar surface area (TPSA) is 51.6 Å². The maximum atomic E-state index is 9.89. The number of piperazine rings is 1. The fourth-order valence-electron chi connectivity index (χ4n) is 2.69. The minimum atomic E-state index is -0.620. The number of aliphatic hydroxyl groups is 1. The molecule has 0 saturated carbocycles. The first-order valence-corrected chi connectivity index (χ1v) is 7.72. The van der Waals surface area contributed by atoms with Gasteiger partial charge in [0.15, 0.2) is 0 Å². The Labute approximate surface area is 128 Å². The first kappa shape index (κ1) is 16.2. The lowest BCUT2D eigenvalue weighted by molar-refractivity contribution is 0.0344. The summed E-state index contributed by atoms with van der Waals surface area (Å²) in [5.74, 6) is 1.05. The number of hydrogen-bond acceptors (Lipinski definition) is 5. The van der Waals surface area contributed by atoms with Crippen LogP contribution in [0, 0.1) is 0 Å². The summed E-state index contributed by atoms with van der Waals surface area (Å²) in [6, 6.07) is 4.58. The number of anilines is 1. The second-order valence-electron chi connectivity index (χ2n) is 6.54. The van der Waals surface area contributed by atoms with E-state index in [1.54, 1.807) is 0 Å². The van der Waals surface area contributed by atoms with E-state index in [1.807, 2.05) is 27.1 Å². The van der Waals surface area contributed by atoms with Crippen LogP contribution in [-0.4, -0.2) is 60.4 Å². The zero-order valence-electron chi connectivity index (χ0n) is 13.6. The normalized spacial score (nSPS) is 18.8. The van der Waals surface area contributed by atoms with Gasteiger partial charge in [0.2, 0.25) is 0 Å². The third kappa shape index (κ3) is 4.66. The van der Waals surface area contributed by atoms with Gasteiger partial charge in [-0.15, -0.1) is 0 Å². The van der Waals surface area contributed by atoms with Gasteiger partial charge in [-0.05, 0) is 39.4 Å².